The highest BCUT2D eigenvalue weighted by Crippen LogP contribution is 2.35. The van der Waals surface area contributed by atoms with E-state index in [0.29, 0.717) is 31.3 Å². The maximum absolute atomic E-state index is 13.4. The van der Waals surface area contributed by atoms with E-state index in [2.05, 4.69) is 17.0 Å². The van der Waals surface area contributed by atoms with Gasteiger partial charge in [-0.3, -0.25) is 4.79 Å². The first-order valence-corrected chi connectivity index (χ1v) is 11.4. The van der Waals surface area contributed by atoms with Crippen molar-refractivity contribution < 1.29 is 18.4 Å². The maximum Gasteiger partial charge on any atom is 0.254 e. The lowest BCUT2D eigenvalue weighted by atomic mass is 10.0. The Morgan fingerprint density at radius 2 is 1.94 bits per heavy atom. The van der Waals surface area contributed by atoms with Crippen LogP contribution in [0.1, 0.15) is 42.1 Å². The molecule has 0 saturated carbocycles. The third kappa shape index (κ3) is 5.25. The standard InChI is InChI=1S/C26H30FN3O3/c1-19-8-6-7-15-30(19)26-23(24(28-33-26)20-9-4-3-5-10-20)18-29(16-17-32-2)25(31)21-11-13-22(27)14-12-21/h3-5,9-14,19H,6-8,15-18H2,1-2H3/t19-/m1/s1. The van der Waals surface area contributed by atoms with Gasteiger partial charge in [0.15, 0.2) is 0 Å². The van der Waals surface area contributed by atoms with Crippen LogP contribution in [0.3, 0.4) is 0 Å². The van der Waals surface area contributed by atoms with Crippen molar-refractivity contribution in [3.63, 3.8) is 0 Å². The average Bonchev–Trinajstić information content (AvgIpc) is 3.26. The van der Waals surface area contributed by atoms with Crippen molar-refractivity contribution in [1.82, 2.24) is 10.1 Å². The zero-order valence-corrected chi connectivity index (χ0v) is 19.2. The Morgan fingerprint density at radius 1 is 1.18 bits per heavy atom. The van der Waals surface area contributed by atoms with Gasteiger partial charge in [0, 0.05) is 37.4 Å². The van der Waals surface area contributed by atoms with Crippen LogP contribution in [0.15, 0.2) is 59.1 Å². The Morgan fingerprint density at radius 3 is 2.64 bits per heavy atom. The zero-order valence-electron chi connectivity index (χ0n) is 19.2. The van der Waals surface area contributed by atoms with Crippen LogP contribution in [0.5, 0.6) is 0 Å². The number of carbonyl (C=O) groups is 1. The smallest absolute Gasteiger partial charge is 0.254 e. The third-order valence-corrected chi connectivity index (χ3v) is 6.17. The second kappa shape index (κ2) is 10.6. The summed E-state index contributed by atoms with van der Waals surface area (Å²) in [6.45, 7) is 4.17. The molecule has 0 spiro atoms. The quantitative estimate of drug-likeness (QED) is 0.474. The summed E-state index contributed by atoms with van der Waals surface area (Å²) >= 11 is 0. The summed E-state index contributed by atoms with van der Waals surface area (Å²) in [5.41, 5.74) is 2.98. The highest BCUT2D eigenvalue weighted by atomic mass is 19.1. The highest BCUT2D eigenvalue weighted by Gasteiger charge is 2.30. The monoisotopic (exact) mass is 451 g/mol. The fraction of sp³-hybridized carbons (Fsp3) is 0.385. The van der Waals surface area contributed by atoms with Crippen LogP contribution in [0.4, 0.5) is 10.3 Å². The van der Waals surface area contributed by atoms with Gasteiger partial charge in [0.2, 0.25) is 5.88 Å². The molecule has 1 saturated heterocycles. The second-order valence-corrected chi connectivity index (χ2v) is 8.45. The molecule has 0 bridgehead atoms. The summed E-state index contributed by atoms with van der Waals surface area (Å²) in [5, 5.41) is 4.44. The molecule has 1 aliphatic rings. The van der Waals surface area contributed by atoms with Gasteiger partial charge < -0.3 is 19.1 Å². The maximum atomic E-state index is 13.4. The predicted molar refractivity (Wildman–Crippen MR) is 126 cm³/mol. The van der Waals surface area contributed by atoms with E-state index in [1.54, 1.807) is 12.0 Å². The van der Waals surface area contributed by atoms with Crippen molar-refractivity contribution in [2.75, 3.05) is 31.7 Å². The molecule has 0 N–H and O–H groups in total. The Hall–Kier alpha value is -3.19. The van der Waals surface area contributed by atoms with Gasteiger partial charge in [-0.05, 0) is 50.5 Å². The van der Waals surface area contributed by atoms with E-state index in [1.165, 1.54) is 30.7 Å². The van der Waals surface area contributed by atoms with Gasteiger partial charge in [0.25, 0.3) is 5.91 Å². The van der Waals surface area contributed by atoms with Gasteiger partial charge in [-0.2, -0.15) is 0 Å². The minimum absolute atomic E-state index is 0.190. The molecule has 4 rings (SSSR count). The van der Waals surface area contributed by atoms with E-state index in [0.717, 1.165) is 42.1 Å². The molecule has 1 atom stereocenters. The van der Waals surface area contributed by atoms with Crippen molar-refractivity contribution in [2.24, 2.45) is 0 Å². The first-order chi connectivity index (χ1) is 16.1. The van der Waals surface area contributed by atoms with E-state index in [4.69, 9.17) is 9.26 Å². The summed E-state index contributed by atoms with van der Waals surface area (Å²) < 4.78 is 24.6. The molecule has 1 amide bonds. The minimum Gasteiger partial charge on any atom is -0.383 e. The number of hydrogen-bond donors (Lipinski definition) is 0. The topological polar surface area (TPSA) is 58.8 Å². The van der Waals surface area contributed by atoms with Crippen LogP contribution in [-0.2, 0) is 11.3 Å². The van der Waals surface area contributed by atoms with Crippen molar-refractivity contribution in [3.8, 4) is 11.3 Å². The number of methoxy groups -OCH3 is 1. The van der Waals surface area contributed by atoms with Crippen molar-refractivity contribution in [3.05, 3.63) is 71.5 Å². The number of ether oxygens (including phenoxy) is 1. The molecule has 1 aromatic heterocycles. The number of hydrogen-bond acceptors (Lipinski definition) is 5. The molecule has 1 fully saturated rings. The van der Waals surface area contributed by atoms with Crippen LogP contribution >= 0.6 is 0 Å². The largest absolute Gasteiger partial charge is 0.383 e. The molecule has 7 heteroatoms. The van der Waals surface area contributed by atoms with Crippen LogP contribution in [0.2, 0.25) is 0 Å². The van der Waals surface area contributed by atoms with Gasteiger partial charge >= 0.3 is 0 Å². The zero-order chi connectivity index (χ0) is 23.2. The lowest BCUT2D eigenvalue weighted by Gasteiger charge is -2.34. The SMILES string of the molecule is COCCN(Cc1c(-c2ccccc2)noc1N1CCCC[C@H]1C)C(=O)c1ccc(F)cc1. The summed E-state index contributed by atoms with van der Waals surface area (Å²) in [6, 6.07) is 15.8. The number of halogens is 1. The number of aromatic nitrogens is 1. The molecule has 0 aliphatic carbocycles. The second-order valence-electron chi connectivity index (χ2n) is 8.45. The van der Waals surface area contributed by atoms with Crippen LogP contribution in [0, 0.1) is 5.82 Å². The summed E-state index contributed by atoms with van der Waals surface area (Å²) in [4.78, 5) is 17.3. The molecule has 1 aliphatic heterocycles. The number of carbonyl (C=O) groups excluding carboxylic acids is 1. The first kappa shape index (κ1) is 23.0. The number of piperidine rings is 1. The molecule has 0 unspecified atom stereocenters. The molecule has 2 heterocycles. The van der Waals surface area contributed by atoms with Gasteiger partial charge in [0.05, 0.1) is 18.7 Å². The van der Waals surface area contributed by atoms with Gasteiger partial charge in [0.1, 0.15) is 11.5 Å². The lowest BCUT2D eigenvalue weighted by molar-refractivity contribution is 0.0680. The number of anilines is 1. The van der Waals surface area contributed by atoms with E-state index in [9.17, 15) is 9.18 Å². The Balaban J connectivity index is 1.72. The highest BCUT2D eigenvalue weighted by molar-refractivity contribution is 5.94. The van der Waals surface area contributed by atoms with Gasteiger partial charge in [-0.15, -0.1) is 0 Å². The fourth-order valence-electron chi connectivity index (χ4n) is 4.31. The first-order valence-electron chi connectivity index (χ1n) is 11.4. The Kier molecular flexibility index (Phi) is 7.40. The molecule has 0 radical (unpaired) electrons. The number of amides is 1. The molecular weight excluding hydrogens is 421 g/mol. The van der Waals surface area contributed by atoms with E-state index < -0.39 is 0 Å². The molecule has 2 aromatic carbocycles. The van der Waals surface area contributed by atoms with Crippen molar-refractivity contribution in [1.29, 1.82) is 0 Å². The normalized spacial score (nSPS) is 16.1. The van der Waals surface area contributed by atoms with Crippen LogP contribution < -0.4 is 4.90 Å². The number of rotatable bonds is 8. The summed E-state index contributed by atoms with van der Waals surface area (Å²) in [6.07, 6.45) is 3.37. The summed E-state index contributed by atoms with van der Waals surface area (Å²) in [7, 11) is 1.61. The van der Waals surface area contributed by atoms with E-state index in [-0.39, 0.29) is 11.7 Å². The fourth-order valence-corrected chi connectivity index (χ4v) is 4.31. The Labute approximate surface area is 193 Å². The van der Waals surface area contributed by atoms with Gasteiger partial charge in [-0.1, -0.05) is 35.5 Å². The van der Waals surface area contributed by atoms with Crippen LogP contribution in [-0.4, -0.2) is 48.8 Å². The van der Waals surface area contributed by atoms with E-state index in [1.807, 2.05) is 30.3 Å². The van der Waals surface area contributed by atoms with Crippen molar-refractivity contribution >= 4 is 11.8 Å². The lowest BCUT2D eigenvalue weighted by Crippen LogP contribution is -2.39. The van der Waals surface area contributed by atoms with E-state index >= 15 is 0 Å². The number of nitrogens with zero attached hydrogens (tertiary/aromatic N) is 3. The van der Waals surface area contributed by atoms with Crippen molar-refractivity contribution in [2.45, 2.75) is 38.8 Å². The number of benzene rings is 2. The molecule has 174 valence electrons. The molecular formula is C26H30FN3O3. The molecule has 6 nitrogen and oxygen atoms in total. The molecule has 33 heavy (non-hydrogen) atoms. The predicted octanol–water partition coefficient (Wildman–Crippen LogP) is 5.15. The average molecular weight is 452 g/mol. The third-order valence-electron chi connectivity index (χ3n) is 6.17. The minimum atomic E-state index is -0.373. The van der Waals surface area contributed by atoms with Gasteiger partial charge in [-0.25, -0.2) is 4.39 Å². The van der Waals surface area contributed by atoms with Crippen LogP contribution in [0.25, 0.3) is 11.3 Å². The molecule has 3 aromatic rings. The Bertz CT molecular complexity index is 1050. The summed E-state index contributed by atoms with van der Waals surface area (Å²) in [5.74, 6) is 0.155.